The van der Waals surface area contributed by atoms with E-state index < -0.39 is 0 Å². The molecule has 2 nitrogen and oxygen atoms in total. The highest BCUT2D eigenvalue weighted by atomic mass is 16.5. The molecule has 2 atom stereocenters. The predicted octanol–water partition coefficient (Wildman–Crippen LogP) is 3.55. The van der Waals surface area contributed by atoms with Gasteiger partial charge in [0.1, 0.15) is 0 Å². The highest BCUT2D eigenvalue weighted by Crippen LogP contribution is 2.73. The molecule has 2 saturated carbocycles. The van der Waals surface area contributed by atoms with Gasteiger partial charge in [0.25, 0.3) is 0 Å². The molecule has 0 amide bonds. The van der Waals surface area contributed by atoms with Crippen LogP contribution in [0.15, 0.2) is 0 Å². The smallest absolute Gasteiger partial charge is 0.312 e. The van der Waals surface area contributed by atoms with Gasteiger partial charge < -0.3 is 4.74 Å². The summed E-state index contributed by atoms with van der Waals surface area (Å²) in [6, 6.07) is 0. The Labute approximate surface area is 98.7 Å². The topological polar surface area (TPSA) is 26.3 Å². The van der Waals surface area contributed by atoms with Crippen LogP contribution in [0.2, 0.25) is 0 Å². The number of carbonyl (C=O) groups is 1. The van der Waals surface area contributed by atoms with Gasteiger partial charge in [-0.25, -0.2) is 0 Å². The van der Waals surface area contributed by atoms with Gasteiger partial charge in [0.2, 0.25) is 0 Å². The van der Waals surface area contributed by atoms with Gasteiger partial charge in [-0.05, 0) is 50.4 Å². The Hall–Kier alpha value is -0.530. The highest BCUT2D eigenvalue weighted by Gasteiger charge is 2.70. The minimum absolute atomic E-state index is 0.0349. The number of esters is 1. The largest absolute Gasteiger partial charge is 0.466 e. The molecule has 0 aliphatic heterocycles. The molecule has 0 N–H and O–H groups in total. The van der Waals surface area contributed by atoms with Gasteiger partial charge in [0.15, 0.2) is 0 Å². The Morgan fingerprint density at radius 3 is 2.44 bits per heavy atom. The van der Waals surface area contributed by atoms with Gasteiger partial charge in [-0.2, -0.15) is 0 Å². The molecule has 1 spiro atoms. The Morgan fingerprint density at radius 1 is 1.19 bits per heavy atom. The Bertz CT molecular complexity index is 308. The molecule has 0 aromatic carbocycles. The van der Waals surface area contributed by atoms with Crippen molar-refractivity contribution < 1.29 is 9.53 Å². The first-order chi connectivity index (χ1) is 7.35. The molecule has 2 rings (SSSR count). The second kappa shape index (κ2) is 3.48. The Kier molecular flexibility index (Phi) is 2.60. The molecule has 92 valence electrons. The maximum atomic E-state index is 12.0. The van der Waals surface area contributed by atoms with E-state index in [0.29, 0.717) is 12.0 Å². The summed E-state index contributed by atoms with van der Waals surface area (Å²) in [7, 11) is 0. The summed E-state index contributed by atoms with van der Waals surface area (Å²) in [6.45, 7) is 9.16. The lowest BCUT2D eigenvalue weighted by molar-refractivity contribution is -0.151. The average Bonchev–Trinajstić information content (AvgIpc) is 2.70. The standard InChI is InChI=1S/C14H24O2/c1-5-16-11(15)13(4)10-14(13)8-6-7-12(2,3)9-14/h5-10H2,1-4H3. The molecule has 0 heterocycles. The van der Waals surface area contributed by atoms with Crippen LogP contribution >= 0.6 is 0 Å². The molecule has 2 aliphatic rings. The van der Waals surface area contributed by atoms with E-state index in [0.717, 1.165) is 6.42 Å². The molecule has 0 radical (unpaired) electrons. The van der Waals surface area contributed by atoms with Crippen molar-refractivity contribution >= 4 is 5.97 Å². The van der Waals surface area contributed by atoms with Crippen molar-refractivity contribution in [2.45, 2.75) is 59.8 Å². The lowest BCUT2D eigenvalue weighted by Crippen LogP contribution is -2.31. The first-order valence-corrected chi connectivity index (χ1v) is 6.53. The van der Waals surface area contributed by atoms with E-state index in [1.165, 1.54) is 25.7 Å². The minimum Gasteiger partial charge on any atom is -0.466 e. The molecule has 2 heteroatoms. The zero-order chi connectivity index (χ0) is 12.0. The monoisotopic (exact) mass is 224 g/mol. The fourth-order valence-corrected chi connectivity index (χ4v) is 3.83. The summed E-state index contributed by atoms with van der Waals surface area (Å²) in [4.78, 5) is 12.0. The van der Waals surface area contributed by atoms with Crippen molar-refractivity contribution in [1.82, 2.24) is 0 Å². The fraction of sp³-hybridized carbons (Fsp3) is 0.929. The van der Waals surface area contributed by atoms with E-state index in [2.05, 4.69) is 20.8 Å². The maximum absolute atomic E-state index is 12.0. The molecule has 0 aromatic heterocycles. The molecular weight excluding hydrogens is 200 g/mol. The first kappa shape index (κ1) is 11.9. The Balaban J connectivity index is 2.10. The molecule has 2 fully saturated rings. The van der Waals surface area contributed by atoms with Crippen molar-refractivity contribution in [3.05, 3.63) is 0 Å². The van der Waals surface area contributed by atoms with E-state index >= 15 is 0 Å². The quantitative estimate of drug-likeness (QED) is 0.670. The van der Waals surface area contributed by atoms with E-state index in [9.17, 15) is 4.79 Å². The summed E-state index contributed by atoms with van der Waals surface area (Å²) in [5.41, 5.74) is 0.490. The third-order valence-electron chi connectivity index (χ3n) is 4.79. The zero-order valence-corrected chi connectivity index (χ0v) is 11.1. The van der Waals surface area contributed by atoms with Gasteiger partial charge in [-0.3, -0.25) is 4.79 Å². The van der Waals surface area contributed by atoms with Crippen molar-refractivity contribution in [2.75, 3.05) is 6.61 Å². The van der Waals surface area contributed by atoms with Gasteiger partial charge in [0, 0.05) is 0 Å². The maximum Gasteiger partial charge on any atom is 0.312 e. The van der Waals surface area contributed by atoms with E-state index in [1.807, 2.05) is 6.92 Å². The van der Waals surface area contributed by atoms with Gasteiger partial charge in [-0.15, -0.1) is 0 Å². The van der Waals surface area contributed by atoms with Crippen LogP contribution in [0.1, 0.15) is 59.8 Å². The molecule has 2 aliphatic carbocycles. The fourth-order valence-electron chi connectivity index (χ4n) is 3.83. The van der Waals surface area contributed by atoms with Crippen LogP contribution in [-0.4, -0.2) is 12.6 Å². The Morgan fingerprint density at radius 2 is 1.88 bits per heavy atom. The van der Waals surface area contributed by atoms with Crippen molar-refractivity contribution in [2.24, 2.45) is 16.2 Å². The van der Waals surface area contributed by atoms with Crippen molar-refractivity contribution in [3.63, 3.8) is 0 Å². The normalized spacial score (nSPS) is 40.8. The van der Waals surface area contributed by atoms with Crippen LogP contribution in [0.3, 0.4) is 0 Å². The van der Waals surface area contributed by atoms with E-state index in [-0.39, 0.29) is 16.8 Å². The summed E-state index contributed by atoms with van der Waals surface area (Å²) in [5, 5.41) is 0. The summed E-state index contributed by atoms with van der Waals surface area (Å²) < 4.78 is 5.23. The summed E-state index contributed by atoms with van der Waals surface area (Å²) in [6.07, 6.45) is 6.01. The van der Waals surface area contributed by atoms with Crippen LogP contribution in [0, 0.1) is 16.2 Å². The highest BCUT2D eigenvalue weighted by molar-refractivity contribution is 5.81. The molecule has 2 unspecified atom stereocenters. The zero-order valence-electron chi connectivity index (χ0n) is 11.1. The SMILES string of the molecule is CCOC(=O)C1(C)CC12CCCC(C)(C)C2. The lowest BCUT2D eigenvalue weighted by atomic mass is 9.67. The second-order valence-electron chi connectivity index (χ2n) is 6.70. The van der Waals surface area contributed by atoms with Crippen LogP contribution in [0.5, 0.6) is 0 Å². The van der Waals surface area contributed by atoms with Gasteiger partial charge in [0.05, 0.1) is 12.0 Å². The van der Waals surface area contributed by atoms with Gasteiger partial charge >= 0.3 is 5.97 Å². The second-order valence-corrected chi connectivity index (χ2v) is 6.70. The third kappa shape index (κ3) is 1.66. The number of hydrogen-bond acceptors (Lipinski definition) is 2. The first-order valence-electron chi connectivity index (χ1n) is 6.53. The molecular formula is C14H24O2. The van der Waals surface area contributed by atoms with Crippen LogP contribution in [0.25, 0.3) is 0 Å². The van der Waals surface area contributed by atoms with Crippen LogP contribution in [-0.2, 0) is 9.53 Å². The molecule has 0 aromatic rings. The number of ether oxygens (including phenoxy) is 1. The van der Waals surface area contributed by atoms with Crippen molar-refractivity contribution in [3.8, 4) is 0 Å². The lowest BCUT2D eigenvalue weighted by Gasteiger charge is -2.37. The number of hydrogen-bond donors (Lipinski definition) is 0. The average molecular weight is 224 g/mol. The molecule has 0 saturated heterocycles. The van der Waals surface area contributed by atoms with E-state index in [4.69, 9.17) is 4.74 Å². The van der Waals surface area contributed by atoms with Gasteiger partial charge in [-0.1, -0.05) is 20.3 Å². The summed E-state index contributed by atoms with van der Waals surface area (Å²) >= 11 is 0. The molecule has 0 bridgehead atoms. The van der Waals surface area contributed by atoms with E-state index in [1.54, 1.807) is 0 Å². The van der Waals surface area contributed by atoms with Crippen molar-refractivity contribution in [1.29, 1.82) is 0 Å². The third-order valence-corrected chi connectivity index (χ3v) is 4.79. The molecule has 16 heavy (non-hydrogen) atoms. The van der Waals surface area contributed by atoms with Crippen LogP contribution < -0.4 is 0 Å². The minimum atomic E-state index is -0.180. The number of rotatable bonds is 2. The van der Waals surface area contributed by atoms with Crippen LogP contribution in [0.4, 0.5) is 0 Å². The number of carbonyl (C=O) groups excluding carboxylic acids is 1. The predicted molar refractivity (Wildman–Crippen MR) is 64.0 cm³/mol. The summed E-state index contributed by atoms with van der Waals surface area (Å²) in [5.74, 6) is 0.0349.